The van der Waals surface area contributed by atoms with E-state index in [1.807, 2.05) is 36.5 Å². The van der Waals surface area contributed by atoms with Crippen molar-refractivity contribution in [2.24, 2.45) is 0 Å². The van der Waals surface area contributed by atoms with Crippen LogP contribution in [0.25, 0.3) is 17.0 Å². The molecule has 0 aliphatic carbocycles. The van der Waals surface area contributed by atoms with Gasteiger partial charge in [-0.25, -0.2) is 13.8 Å². The number of alkyl halides is 2. The van der Waals surface area contributed by atoms with Gasteiger partial charge in [0.15, 0.2) is 0 Å². The number of benzene rings is 1. The maximum absolute atomic E-state index is 12.6. The number of fused-ring (bicyclic) bond motifs is 1. The maximum atomic E-state index is 12.6. The van der Waals surface area contributed by atoms with Gasteiger partial charge in [0.1, 0.15) is 11.5 Å². The minimum absolute atomic E-state index is 0.117. The summed E-state index contributed by atoms with van der Waals surface area (Å²) in [6.45, 7) is -0.757. The molecule has 0 spiro atoms. The van der Waals surface area contributed by atoms with Gasteiger partial charge in [-0.05, 0) is 6.07 Å². The molecule has 9 nitrogen and oxygen atoms in total. The summed E-state index contributed by atoms with van der Waals surface area (Å²) in [5.41, 5.74) is 1.38. The number of aromatic amines is 1. The van der Waals surface area contributed by atoms with Crippen molar-refractivity contribution in [1.29, 1.82) is 0 Å². The lowest BCUT2D eigenvalue weighted by molar-refractivity contribution is 0.0618. The highest BCUT2D eigenvalue weighted by Crippen LogP contribution is 2.19. The van der Waals surface area contributed by atoms with E-state index in [1.54, 1.807) is 16.7 Å². The SMILES string of the molecule is CN(CC(F)F)C(=O)c1cn[nH]c1C(=O)Nc1ccn2cc(-c3ccccc3)nc2n1. The number of anilines is 1. The summed E-state index contributed by atoms with van der Waals surface area (Å²) in [5.74, 6) is -0.854. The normalized spacial score (nSPS) is 11.1. The zero-order valence-electron chi connectivity index (χ0n) is 16.3. The van der Waals surface area contributed by atoms with E-state index >= 15 is 0 Å². The smallest absolute Gasteiger partial charge is 0.275 e. The van der Waals surface area contributed by atoms with Crippen molar-refractivity contribution in [1.82, 2.24) is 29.5 Å². The van der Waals surface area contributed by atoms with Crippen LogP contribution in [0, 0.1) is 0 Å². The quantitative estimate of drug-likeness (QED) is 0.494. The lowest BCUT2D eigenvalue weighted by atomic mass is 10.2. The summed E-state index contributed by atoms with van der Waals surface area (Å²) in [4.78, 5) is 34.6. The van der Waals surface area contributed by atoms with Crippen LogP contribution in [0.5, 0.6) is 0 Å². The molecule has 0 radical (unpaired) electrons. The minimum Gasteiger partial charge on any atom is -0.336 e. The van der Waals surface area contributed by atoms with Crippen molar-refractivity contribution in [2.45, 2.75) is 6.43 Å². The molecule has 3 heterocycles. The molecule has 0 aliphatic rings. The summed E-state index contributed by atoms with van der Waals surface area (Å²) in [6, 6.07) is 11.1. The molecule has 0 aliphatic heterocycles. The molecule has 4 aromatic rings. The number of carbonyl (C=O) groups is 2. The maximum Gasteiger partial charge on any atom is 0.275 e. The standard InChI is InChI=1S/C20H17F2N7O2/c1-28(11-15(21)22)19(31)13-9-23-27-17(13)18(30)25-16-7-8-29-10-14(24-20(29)26-16)12-5-3-2-4-6-12/h2-10,15H,11H2,1H3,(H,23,27)(H,24,25,26,30). The van der Waals surface area contributed by atoms with E-state index in [0.29, 0.717) is 5.78 Å². The van der Waals surface area contributed by atoms with Crippen molar-refractivity contribution in [2.75, 3.05) is 18.9 Å². The van der Waals surface area contributed by atoms with Crippen LogP contribution in [0.1, 0.15) is 20.8 Å². The average Bonchev–Trinajstić information content (AvgIpc) is 3.40. The first-order chi connectivity index (χ1) is 14.9. The van der Waals surface area contributed by atoms with E-state index in [-0.39, 0.29) is 17.1 Å². The zero-order chi connectivity index (χ0) is 22.0. The number of hydrogen-bond acceptors (Lipinski definition) is 5. The third-order valence-electron chi connectivity index (χ3n) is 4.49. The highest BCUT2D eigenvalue weighted by atomic mass is 19.3. The number of halogens is 2. The molecular formula is C20H17F2N7O2. The molecule has 0 saturated heterocycles. The molecule has 0 saturated carbocycles. The number of aromatic nitrogens is 5. The Labute approximate surface area is 174 Å². The van der Waals surface area contributed by atoms with Crippen LogP contribution in [-0.2, 0) is 0 Å². The molecule has 0 bridgehead atoms. The van der Waals surface area contributed by atoms with Gasteiger partial charge in [0.25, 0.3) is 18.2 Å². The number of imidazole rings is 1. The van der Waals surface area contributed by atoms with Crippen molar-refractivity contribution in [3.63, 3.8) is 0 Å². The first-order valence-electron chi connectivity index (χ1n) is 9.22. The van der Waals surface area contributed by atoms with E-state index in [2.05, 4.69) is 25.5 Å². The number of nitrogens with one attached hydrogen (secondary N) is 2. The summed E-state index contributed by atoms with van der Waals surface area (Å²) < 4.78 is 26.8. The first-order valence-corrected chi connectivity index (χ1v) is 9.22. The Morgan fingerprint density at radius 1 is 1.19 bits per heavy atom. The molecule has 3 aromatic heterocycles. The molecular weight excluding hydrogens is 408 g/mol. The number of H-pyrrole nitrogens is 1. The average molecular weight is 425 g/mol. The van der Waals surface area contributed by atoms with Gasteiger partial charge < -0.3 is 10.2 Å². The monoisotopic (exact) mass is 425 g/mol. The second kappa shape index (κ2) is 8.30. The Morgan fingerprint density at radius 2 is 1.97 bits per heavy atom. The highest BCUT2D eigenvalue weighted by molar-refractivity contribution is 6.10. The van der Waals surface area contributed by atoms with Crippen molar-refractivity contribution in [3.8, 4) is 11.3 Å². The lowest BCUT2D eigenvalue weighted by Crippen LogP contribution is -2.32. The fraction of sp³-hybridized carbons (Fsp3) is 0.150. The number of carbonyl (C=O) groups excluding carboxylic acids is 2. The Bertz CT molecular complexity index is 1240. The van der Waals surface area contributed by atoms with Crippen LogP contribution in [0.2, 0.25) is 0 Å². The molecule has 2 amide bonds. The van der Waals surface area contributed by atoms with Crippen LogP contribution in [0.4, 0.5) is 14.6 Å². The third-order valence-corrected chi connectivity index (χ3v) is 4.49. The molecule has 0 fully saturated rings. The van der Waals surface area contributed by atoms with Gasteiger partial charge in [-0.1, -0.05) is 30.3 Å². The van der Waals surface area contributed by atoms with E-state index in [9.17, 15) is 18.4 Å². The summed E-state index contributed by atoms with van der Waals surface area (Å²) in [7, 11) is 1.22. The summed E-state index contributed by atoms with van der Waals surface area (Å²) in [5, 5.41) is 8.70. The Hall–Kier alpha value is -4.15. The predicted octanol–water partition coefficient (Wildman–Crippen LogP) is 2.71. The highest BCUT2D eigenvalue weighted by Gasteiger charge is 2.24. The fourth-order valence-corrected chi connectivity index (χ4v) is 2.99. The second-order valence-corrected chi connectivity index (χ2v) is 6.70. The van der Waals surface area contributed by atoms with Crippen LogP contribution in [0.3, 0.4) is 0 Å². The number of nitrogens with zero attached hydrogens (tertiary/aromatic N) is 5. The second-order valence-electron chi connectivity index (χ2n) is 6.70. The van der Waals surface area contributed by atoms with Crippen molar-refractivity contribution < 1.29 is 18.4 Å². The van der Waals surface area contributed by atoms with E-state index in [0.717, 1.165) is 22.4 Å². The lowest BCUT2D eigenvalue weighted by Gasteiger charge is -2.16. The third kappa shape index (κ3) is 4.25. The van der Waals surface area contributed by atoms with Gasteiger partial charge in [-0.2, -0.15) is 10.1 Å². The van der Waals surface area contributed by atoms with Gasteiger partial charge in [-0.3, -0.25) is 19.1 Å². The molecule has 31 heavy (non-hydrogen) atoms. The zero-order valence-corrected chi connectivity index (χ0v) is 16.3. The summed E-state index contributed by atoms with van der Waals surface area (Å²) >= 11 is 0. The Kier molecular flexibility index (Phi) is 5.39. The van der Waals surface area contributed by atoms with Gasteiger partial charge in [0.05, 0.1) is 24.0 Å². The molecule has 158 valence electrons. The number of rotatable bonds is 6. The number of hydrogen-bond donors (Lipinski definition) is 2. The van der Waals surface area contributed by atoms with Gasteiger partial charge in [0.2, 0.25) is 5.78 Å². The molecule has 1 aromatic carbocycles. The fourth-order valence-electron chi connectivity index (χ4n) is 2.99. The molecule has 0 atom stereocenters. The van der Waals surface area contributed by atoms with Crippen LogP contribution >= 0.6 is 0 Å². The molecule has 0 unspecified atom stereocenters. The Morgan fingerprint density at radius 3 is 2.71 bits per heavy atom. The van der Waals surface area contributed by atoms with E-state index in [4.69, 9.17) is 0 Å². The van der Waals surface area contributed by atoms with Crippen LogP contribution in [0.15, 0.2) is 55.0 Å². The Balaban J connectivity index is 1.54. The predicted molar refractivity (Wildman–Crippen MR) is 108 cm³/mol. The summed E-state index contributed by atoms with van der Waals surface area (Å²) in [6.07, 6.45) is 1.93. The first kappa shape index (κ1) is 20.1. The topological polar surface area (TPSA) is 108 Å². The van der Waals surface area contributed by atoms with Gasteiger partial charge >= 0.3 is 0 Å². The van der Waals surface area contributed by atoms with Crippen molar-refractivity contribution >= 4 is 23.4 Å². The van der Waals surface area contributed by atoms with E-state index in [1.165, 1.54) is 7.05 Å². The molecule has 2 N–H and O–H groups in total. The largest absolute Gasteiger partial charge is 0.336 e. The van der Waals surface area contributed by atoms with E-state index < -0.39 is 24.8 Å². The molecule has 11 heteroatoms. The van der Waals surface area contributed by atoms with Gasteiger partial charge in [0, 0.05) is 25.0 Å². The van der Waals surface area contributed by atoms with Crippen LogP contribution < -0.4 is 5.32 Å². The van der Waals surface area contributed by atoms with Crippen LogP contribution in [-0.4, -0.2) is 61.3 Å². The minimum atomic E-state index is -2.69. The van der Waals surface area contributed by atoms with Gasteiger partial charge in [-0.15, -0.1) is 0 Å². The van der Waals surface area contributed by atoms with Crippen molar-refractivity contribution in [3.05, 3.63) is 66.2 Å². The number of amides is 2. The molecule has 4 rings (SSSR count).